The van der Waals surface area contributed by atoms with E-state index < -0.39 is 0 Å². The van der Waals surface area contributed by atoms with E-state index in [-0.39, 0.29) is 12.0 Å². The summed E-state index contributed by atoms with van der Waals surface area (Å²) in [4.78, 5) is 17.9. The van der Waals surface area contributed by atoms with Gasteiger partial charge in [-0.15, -0.1) is 0 Å². The molecule has 1 saturated heterocycles. The number of likely N-dealkylation sites (tertiary alicyclic amines) is 1. The third kappa shape index (κ3) is 2.58. The zero-order chi connectivity index (χ0) is 11.4. The second-order valence-corrected chi connectivity index (χ2v) is 3.98. The van der Waals surface area contributed by atoms with Gasteiger partial charge >= 0.3 is 0 Å². The second-order valence-electron chi connectivity index (χ2n) is 3.98. The first-order valence-electron chi connectivity index (χ1n) is 5.50. The average molecular weight is 220 g/mol. The van der Waals surface area contributed by atoms with Crippen molar-refractivity contribution in [3.8, 4) is 0 Å². The molecule has 2 heterocycles. The van der Waals surface area contributed by atoms with Crippen molar-refractivity contribution >= 4 is 5.91 Å². The molecule has 0 unspecified atom stereocenters. The molecule has 4 nitrogen and oxygen atoms in total. The Kier molecular flexibility index (Phi) is 3.51. The molecule has 1 aromatic heterocycles. The number of carbonyl (C=O) groups excluding carboxylic acids is 1. The van der Waals surface area contributed by atoms with Crippen LogP contribution in [0.1, 0.15) is 12.1 Å². The maximum Gasteiger partial charge on any atom is 0.228 e. The Balaban J connectivity index is 1.90. The molecule has 0 spiro atoms. The van der Waals surface area contributed by atoms with E-state index in [9.17, 15) is 4.79 Å². The molecule has 1 amide bonds. The number of amides is 1. The van der Waals surface area contributed by atoms with Crippen LogP contribution in [0.3, 0.4) is 0 Å². The zero-order valence-electron chi connectivity index (χ0n) is 9.43. The molecule has 1 fully saturated rings. The minimum atomic E-state index is 0.137. The third-order valence-corrected chi connectivity index (χ3v) is 2.89. The van der Waals surface area contributed by atoms with Gasteiger partial charge in [-0.1, -0.05) is 6.07 Å². The molecule has 1 aliphatic heterocycles. The van der Waals surface area contributed by atoms with Gasteiger partial charge in [0.2, 0.25) is 5.91 Å². The summed E-state index contributed by atoms with van der Waals surface area (Å²) in [5.41, 5.74) is 0.827. The van der Waals surface area contributed by atoms with Crippen LogP contribution in [-0.2, 0) is 16.0 Å². The smallest absolute Gasteiger partial charge is 0.228 e. The number of methoxy groups -OCH3 is 1. The fourth-order valence-electron chi connectivity index (χ4n) is 1.92. The number of hydrogen-bond donors (Lipinski definition) is 0. The van der Waals surface area contributed by atoms with Crippen LogP contribution in [0.4, 0.5) is 0 Å². The Labute approximate surface area is 95.2 Å². The van der Waals surface area contributed by atoms with Crippen LogP contribution in [0.2, 0.25) is 0 Å². The summed E-state index contributed by atoms with van der Waals surface area (Å²) >= 11 is 0. The summed E-state index contributed by atoms with van der Waals surface area (Å²) in [5.74, 6) is 0.137. The Morgan fingerprint density at radius 2 is 2.50 bits per heavy atom. The Morgan fingerprint density at radius 3 is 3.12 bits per heavy atom. The predicted molar refractivity (Wildman–Crippen MR) is 59.9 cm³/mol. The minimum Gasteiger partial charge on any atom is -0.380 e. The van der Waals surface area contributed by atoms with E-state index in [4.69, 9.17) is 4.74 Å². The van der Waals surface area contributed by atoms with Crippen LogP contribution >= 0.6 is 0 Å². The highest BCUT2D eigenvalue weighted by Crippen LogP contribution is 2.13. The van der Waals surface area contributed by atoms with Gasteiger partial charge in [0.05, 0.1) is 12.5 Å². The van der Waals surface area contributed by atoms with Gasteiger partial charge in [0.1, 0.15) is 0 Å². The van der Waals surface area contributed by atoms with Crippen molar-refractivity contribution in [1.29, 1.82) is 0 Å². The SMILES string of the molecule is CO[C@@H]1CCN(C(=O)Cc2ccccn2)C1. The third-order valence-electron chi connectivity index (χ3n) is 2.89. The van der Waals surface area contributed by atoms with Crippen LogP contribution in [0.25, 0.3) is 0 Å². The molecule has 1 atom stereocenters. The molecule has 16 heavy (non-hydrogen) atoms. The molecule has 86 valence electrons. The number of rotatable bonds is 3. The number of carbonyl (C=O) groups is 1. The van der Waals surface area contributed by atoms with Gasteiger partial charge in [-0.3, -0.25) is 9.78 Å². The van der Waals surface area contributed by atoms with E-state index in [2.05, 4.69) is 4.98 Å². The monoisotopic (exact) mass is 220 g/mol. The number of hydrogen-bond acceptors (Lipinski definition) is 3. The van der Waals surface area contributed by atoms with Crippen LogP contribution in [-0.4, -0.2) is 42.1 Å². The first-order valence-corrected chi connectivity index (χ1v) is 5.50. The molecule has 4 heteroatoms. The lowest BCUT2D eigenvalue weighted by molar-refractivity contribution is -0.129. The van der Waals surface area contributed by atoms with Crippen LogP contribution < -0.4 is 0 Å². The first kappa shape index (κ1) is 11.1. The fourth-order valence-corrected chi connectivity index (χ4v) is 1.92. The van der Waals surface area contributed by atoms with Gasteiger partial charge in [0, 0.05) is 32.1 Å². The second kappa shape index (κ2) is 5.07. The molecule has 1 aromatic rings. The van der Waals surface area contributed by atoms with Crippen LogP contribution in [0.15, 0.2) is 24.4 Å². The van der Waals surface area contributed by atoms with Gasteiger partial charge in [0.15, 0.2) is 0 Å². The van der Waals surface area contributed by atoms with Crippen LogP contribution in [0, 0.1) is 0 Å². The maximum atomic E-state index is 11.9. The standard InChI is InChI=1S/C12H16N2O2/c1-16-11-5-7-14(9-11)12(15)8-10-4-2-3-6-13-10/h2-4,6,11H,5,7-9H2,1H3/t11-/m1/s1. The van der Waals surface area contributed by atoms with E-state index in [1.54, 1.807) is 13.3 Å². The molecule has 0 aromatic carbocycles. The normalized spacial score (nSPS) is 20.1. The topological polar surface area (TPSA) is 42.4 Å². The van der Waals surface area contributed by atoms with Crippen molar-refractivity contribution in [1.82, 2.24) is 9.88 Å². The van der Waals surface area contributed by atoms with E-state index in [1.807, 2.05) is 23.1 Å². The highest BCUT2D eigenvalue weighted by Gasteiger charge is 2.25. The van der Waals surface area contributed by atoms with E-state index in [1.165, 1.54) is 0 Å². The predicted octanol–water partition coefficient (Wildman–Crippen LogP) is 0.871. The van der Waals surface area contributed by atoms with Crippen molar-refractivity contribution < 1.29 is 9.53 Å². The lowest BCUT2D eigenvalue weighted by atomic mass is 10.2. The summed E-state index contributed by atoms with van der Waals surface area (Å²) < 4.78 is 5.23. The van der Waals surface area contributed by atoms with Crippen molar-refractivity contribution in [2.24, 2.45) is 0 Å². The molecule has 1 aliphatic rings. The summed E-state index contributed by atoms with van der Waals surface area (Å²) in [6.45, 7) is 1.51. The van der Waals surface area contributed by atoms with Gasteiger partial charge in [-0.25, -0.2) is 0 Å². The minimum absolute atomic E-state index is 0.137. The molecule has 2 rings (SSSR count). The Bertz CT molecular complexity index is 353. The first-order chi connectivity index (χ1) is 7.79. The van der Waals surface area contributed by atoms with Gasteiger partial charge in [-0.2, -0.15) is 0 Å². The molecular weight excluding hydrogens is 204 g/mol. The van der Waals surface area contributed by atoms with Crippen molar-refractivity contribution in [3.63, 3.8) is 0 Å². The van der Waals surface area contributed by atoms with Gasteiger partial charge in [0.25, 0.3) is 0 Å². The number of nitrogens with zero attached hydrogens (tertiary/aromatic N) is 2. The summed E-state index contributed by atoms with van der Waals surface area (Å²) in [5, 5.41) is 0. The zero-order valence-corrected chi connectivity index (χ0v) is 9.43. The number of pyridine rings is 1. The average Bonchev–Trinajstić information content (AvgIpc) is 2.79. The van der Waals surface area contributed by atoms with Crippen LogP contribution in [0.5, 0.6) is 0 Å². The fraction of sp³-hybridized carbons (Fsp3) is 0.500. The van der Waals surface area contributed by atoms with Gasteiger partial charge < -0.3 is 9.64 Å². The van der Waals surface area contributed by atoms with Crippen molar-refractivity contribution in [3.05, 3.63) is 30.1 Å². The molecular formula is C12H16N2O2. The maximum absolute atomic E-state index is 11.9. The lowest BCUT2D eigenvalue weighted by Crippen LogP contribution is -2.31. The van der Waals surface area contributed by atoms with E-state index >= 15 is 0 Å². The quantitative estimate of drug-likeness (QED) is 0.759. The molecule has 0 aliphatic carbocycles. The number of ether oxygens (including phenoxy) is 1. The summed E-state index contributed by atoms with van der Waals surface area (Å²) in [7, 11) is 1.69. The molecule has 0 saturated carbocycles. The Morgan fingerprint density at radius 1 is 1.62 bits per heavy atom. The Hall–Kier alpha value is -1.42. The van der Waals surface area contributed by atoms with Crippen molar-refractivity contribution in [2.75, 3.05) is 20.2 Å². The van der Waals surface area contributed by atoms with E-state index in [0.29, 0.717) is 13.0 Å². The van der Waals surface area contributed by atoms with E-state index in [0.717, 1.165) is 18.7 Å². The number of aromatic nitrogens is 1. The van der Waals surface area contributed by atoms with Crippen molar-refractivity contribution in [2.45, 2.75) is 18.9 Å². The highest BCUT2D eigenvalue weighted by molar-refractivity contribution is 5.78. The summed E-state index contributed by atoms with van der Waals surface area (Å²) in [6, 6.07) is 5.63. The van der Waals surface area contributed by atoms with Gasteiger partial charge in [-0.05, 0) is 18.6 Å². The molecule has 0 radical (unpaired) electrons. The molecule has 0 N–H and O–H groups in total. The highest BCUT2D eigenvalue weighted by atomic mass is 16.5. The lowest BCUT2D eigenvalue weighted by Gasteiger charge is -2.15. The molecule has 0 bridgehead atoms. The summed E-state index contributed by atoms with van der Waals surface area (Å²) in [6.07, 6.45) is 3.24. The largest absolute Gasteiger partial charge is 0.380 e.